The Kier molecular flexibility index (Phi) is 3.73. The molecule has 0 amide bonds. The Balaban J connectivity index is 3.15. The van der Waals surface area contributed by atoms with Gasteiger partial charge in [-0.05, 0) is 19.9 Å². The molecule has 1 rings (SSSR count). The second kappa shape index (κ2) is 4.83. The zero-order valence-corrected chi connectivity index (χ0v) is 9.04. The fourth-order valence-corrected chi connectivity index (χ4v) is 1.54. The van der Waals surface area contributed by atoms with Crippen molar-refractivity contribution in [1.29, 1.82) is 5.26 Å². The number of pyridine rings is 1. The van der Waals surface area contributed by atoms with Gasteiger partial charge in [-0.25, -0.2) is 4.98 Å². The Morgan fingerprint density at radius 2 is 2.14 bits per heavy atom. The molecule has 74 valence electrons. The van der Waals surface area contributed by atoms with Gasteiger partial charge in [0.05, 0.1) is 5.56 Å². The number of nitriles is 1. The van der Waals surface area contributed by atoms with Crippen LogP contribution in [-0.4, -0.2) is 18.1 Å². The summed E-state index contributed by atoms with van der Waals surface area (Å²) in [4.78, 5) is 6.19. The zero-order valence-electron chi connectivity index (χ0n) is 8.29. The van der Waals surface area contributed by atoms with Crippen molar-refractivity contribution in [3.63, 3.8) is 0 Å². The van der Waals surface area contributed by atoms with E-state index >= 15 is 0 Å². The molecule has 0 spiro atoms. The molecule has 0 radical (unpaired) electrons. The molecule has 14 heavy (non-hydrogen) atoms. The minimum Gasteiger partial charge on any atom is -0.356 e. The molecule has 0 aliphatic heterocycles. The Bertz CT molecular complexity index is 353. The maximum absolute atomic E-state index is 8.79. The van der Waals surface area contributed by atoms with Crippen molar-refractivity contribution >= 4 is 17.4 Å². The van der Waals surface area contributed by atoms with Crippen LogP contribution in [0.5, 0.6) is 0 Å². The third kappa shape index (κ3) is 1.97. The molecule has 3 nitrogen and oxygen atoms in total. The van der Waals surface area contributed by atoms with E-state index in [4.69, 9.17) is 16.9 Å². The highest BCUT2D eigenvalue weighted by molar-refractivity contribution is 6.34. The Labute approximate surface area is 88.9 Å². The first-order chi connectivity index (χ1) is 6.74. The van der Waals surface area contributed by atoms with E-state index in [0.717, 1.165) is 13.1 Å². The first-order valence-corrected chi connectivity index (χ1v) is 4.91. The van der Waals surface area contributed by atoms with Gasteiger partial charge in [-0.15, -0.1) is 0 Å². The number of hydrogen-bond acceptors (Lipinski definition) is 3. The number of aromatic nitrogens is 1. The minimum absolute atomic E-state index is 0.443. The molecule has 4 heteroatoms. The normalized spacial score (nSPS) is 9.57. The molecular formula is C10H12ClN3. The number of hydrogen-bond donors (Lipinski definition) is 0. The summed E-state index contributed by atoms with van der Waals surface area (Å²) >= 11 is 6.03. The van der Waals surface area contributed by atoms with E-state index in [-0.39, 0.29) is 0 Å². The third-order valence-electron chi connectivity index (χ3n) is 2.05. The van der Waals surface area contributed by atoms with E-state index in [9.17, 15) is 0 Å². The molecule has 0 saturated heterocycles. The van der Waals surface area contributed by atoms with Crippen molar-refractivity contribution in [2.24, 2.45) is 0 Å². The van der Waals surface area contributed by atoms with Crippen LogP contribution in [0.1, 0.15) is 19.4 Å². The van der Waals surface area contributed by atoms with Crippen LogP contribution in [-0.2, 0) is 0 Å². The van der Waals surface area contributed by atoms with Crippen molar-refractivity contribution in [3.8, 4) is 6.07 Å². The Hall–Kier alpha value is -1.27. The van der Waals surface area contributed by atoms with Gasteiger partial charge in [-0.1, -0.05) is 11.6 Å². The van der Waals surface area contributed by atoms with Gasteiger partial charge >= 0.3 is 0 Å². The molecule has 0 fully saturated rings. The summed E-state index contributed by atoms with van der Waals surface area (Å²) in [5, 5.41) is 9.23. The quantitative estimate of drug-likeness (QED) is 0.768. The Morgan fingerprint density at radius 1 is 1.50 bits per heavy atom. The lowest BCUT2D eigenvalue weighted by atomic mass is 10.2. The highest BCUT2D eigenvalue weighted by Crippen LogP contribution is 2.25. The van der Waals surface area contributed by atoms with Gasteiger partial charge in [0.25, 0.3) is 0 Å². The van der Waals surface area contributed by atoms with Crippen LogP contribution in [0.15, 0.2) is 12.3 Å². The van der Waals surface area contributed by atoms with Crippen molar-refractivity contribution in [2.75, 3.05) is 18.0 Å². The van der Waals surface area contributed by atoms with Gasteiger partial charge < -0.3 is 4.90 Å². The van der Waals surface area contributed by atoms with Gasteiger partial charge in [0, 0.05) is 19.3 Å². The molecular weight excluding hydrogens is 198 g/mol. The van der Waals surface area contributed by atoms with Gasteiger partial charge in [-0.3, -0.25) is 0 Å². The van der Waals surface area contributed by atoms with Crippen molar-refractivity contribution in [1.82, 2.24) is 4.98 Å². The molecule has 0 saturated carbocycles. The van der Waals surface area contributed by atoms with Crippen LogP contribution in [0.2, 0.25) is 5.02 Å². The van der Waals surface area contributed by atoms with Crippen LogP contribution in [0.25, 0.3) is 0 Å². The molecule has 0 aromatic carbocycles. The fraction of sp³-hybridized carbons (Fsp3) is 0.400. The molecule has 0 aliphatic carbocycles. The average Bonchev–Trinajstić information content (AvgIpc) is 2.22. The summed E-state index contributed by atoms with van der Waals surface area (Å²) in [5.74, 6) is 0.690. The highest BCUT2D eigenvalue weighted by Gasteiger charge is 2.11. The molecule has 0 aliphatic rings. The molecule has 1 heterocycles. The molecule has 0 unspecified atom stereocenters. The second-order valence-electron chi connectivity index (χ2n) is 2.78. The standard InChI is InChI=1S/C10H12ClN3/c1-3-14(4-2)10-9(11)8(7-12)5-6-13-10/h5-6H,3-4H2,1-2H3. The first-order valence-electron chi connectivity index (χ1n) is 4.54. The van der Waals surface area contributed by atoms with E-state index in [1.54, 1.807) is 12.3 Å². The van der Waals surface area contributed by atoms with Crippen LogP contribution in [0.4, 0.5) is 5.82 Å². The average molecular weight is 210 g/mol. The first kappa shape index (κ1) is 10.8. The third-order valence-corrected chi connectivity index (χ3v) is 2.43. The lowest BCUT2D eigenvalue weighted by Gasteiger charge is -2.20. The van der Waals surface area contributed by atoms with Crippen LogP contribution >= 0.6 is 11.6 Å². The van der Waals surface area contributed by atoms with Crippen LogP contribution in [0, 0.1) is 11.3 Å². The maximum Gasteiger partial charge on any atom is 0.148 e. The van der Waals surface area contributed by atoms with Crippen molar-refractivity contribution < 1.29 is 0 Å². The van der Waals surface area contributed by atoms with E-state index < -0.39 is 0 Å². The van der Waals surface area contributed by atoms with E-state index in [1.807, 2.05) is 24.8 Å². The molecule has 0 bridgehead atoms. The number of rotatable bonds is 3. The molecule has 1 aromatic rings. The lowest BCUT2D eigenvalue weighted by Crippen LogP contribution is -2.23. The summed E-state index contributed by atoms with van der Waals surface area (Å²) < 4.78 is 0. The topological polar surface area (TPSA) is 39.9 Å². The number of halogens is 1. The minimum atomic E-state index is 0.443. The van der Waals surface area contributed by atoms with Gasteiger partial charge in [0.2, 0.25) is 0 Å². The summed E-state index contributed by atoms with van der Waals surface area (Å²) in [6.45, 7) is 5.72. The monoisotopic (exact) mass is 209 g/mol. The molecule has 0 N–H and O–H groups in total. The SMILES string of the molecule is CCN(CC)c1nccc(C#N)c1Cl. The molecule has 0 atom stereocenters. The summed E-state index contributed by atoms with van der Waals surface area (Å²) in [7, 11) is 0. The second-order valence-corrected chi connectivity index (χ2v) is 3.16. The lowest BCUT2D eigenvalue weighted by molar-refractivity contribution is 0.846. The molecule has 1 aromatic heterocycles. The number of anilines is 1. The van der Waals surface area contributed by atoms with E-state index in [2.05, 4.69) is 4.98 Å². The predicted octanol–water partition coefficient (Wildman–Crippen LogP) is 2.45. The smallest absolute Gasteiger partial charge is 0.148 e. The number of nitrogens with zero attached hydrogens (tertiary/aromatic N) is 3. The summed E-state index contributed by atoms with van der Waals surface area (Å²) in [6.07, 6.45) is 1.61. The summed E-state index contributed by atoms with van der Waals surface area (Å²) in [5.41, 5.74) is 0.476. The summed E-state index contributed by atoms with van der Waals surface area (Å²) in [6, 6.07) is 3.66. The zero-order chi connectivity index (χ0) is 10.6. The predicted molar refractivity (Wildman–Crippen MR) is 57.5 cm³/mol. The van der Waals surface area contributed by atoms with Crippen LogP contribution < -0.4 is 4.90 Å². The van der Waals surface area contributed by atoms with Gasteiger partial charge in [0.15, 0.2) is 0 Å². The highest BCUT2D eigenvalue weighted by atomic mass is 35.5. The Morgan fingerprint density at radius 3 is 2.64 bits per heavy atom. The fourth-order valence-electron chi connectivity index (χ4n) is 1.26. The van der Waals surface area contributed by atoms with E-state index in [1.165, 1.54) is 0 Å². The van der Waals surface area contributed by atoms with Crippen molar-refractivity contribution in [2.45, 2.75) is 13.8 Å². The maximum atomic E-state index is 8.79. The van der Waals surface area contributed by atoms with E-state index in [0.29, 0.717) is 16.4 Å². The van der Waals surface area contributed by atoms with Crippen LogP contribution in [0.3, 0.4) is 0 Å². The van der Waals surface area contributed by atoms with Crippen molar-refractivity contribution in [3.05, 3.63) is 22.8 Å². The van der Waals surface area contributed by atoms with Gasteiger partial charge in [0.1, 0.15) is 16.9 Å². The largest absolute Gasteiger partial charge is 0.356 e. The van der Waals surface area contributed by atoms with Gasteiger partial charge in [-0.2, -0.15) is 5.26 Å².